The monoisotopic (exact) mass is 252 g/mol. The normalized spacial score (nSPS) is 10.7. The van der Waals surface area contributed by atoms with Crippen molar-refractivity contribution in [2.75, 3.05) is 0 Å². The lowest BCUT2D eigenvalue weighted by molar-refractivity contribution is -0.683. The van der Waals surface area contributed by atoms with Crippen molar-refractivity contribution in [3.05, 3.63) is 66.7 Å². The number of benzene rings is 2. The Morgan fingerprint density at radius 1 is 0.778 bits per heavy atom. The molecule has 1 aromatic heterocycles. The summed E-state index contributed by atoms with van der Waals surface area (Å²) in [6.45, 7) is 0. The van der Waals surface area contributed by atoms with E-state index in [0.29, 0.717) is 0 Å². The van der Waals surface area contributed by atoms with Crippen molar-refractivity contribution in [1.29, 1.82) is 0 Å². The van der Waals surface area contributed by atoms with Crippen LogP contribution >= 0.6 is 11.8 Å². The molecular formula is C16H14NS+. The number of nitrogens with zero attached hydrogens (tertiary/aromatic N) is 1. The summed E-state index contributed by atoms with van der Waals surface area (Å²) < 4.78 is 2.24. The quantitative estimate of drug-likeness (QED) is 0.627. The SMILES string of the molecule is C[n+]1c(Sc2ccccc2)ccc2ccccc21. The van der Waals surface area contributed by atoms with Crippen LogP contribution in [-0.4, -0.2) is 0 Å². The third-order valence-corrected chi connectivity index (χ3v) is 4.13. The van der Waals surface area contributed by atoms with Crippen molar-refractivity contribution in [1.82, 2.24) is 0 Å². The molecule has 0 aliphatic rings. The summed E-state index contributed by atoms with van der Waals surface area (Å²) in [4.78, 5) is 1.27. The molecule has 0 N–H and O–H groups in total. The molecule has 0 atom stereocenters. The molecule has 1 nitrogen and oxygen atoms in total. The molecule has 0 unspecified atom stereocenters. The number of pyridine rings is 1. The smallest absolute Gasteiger partial charge is 0.189 e. The summed E-state index contributed by atoms with van der Waals surface area (Å²) in [6.07, 6.45) is 0. The maximum Gasteiger partial charge on any atom is 0.245 e. The Balaban J connectivity index is 2.05. The van der Waals surface area contributed by atoms with Gasteiger partial charge in [0.2, 0.25) is 10.5 Å². The van der Waals surface area contributed by atoms with Gasteiger partial charge in [-0.2, -0.15) is 4.57 Å². The minimum atomic E-state index is 1.25. The van der Waals surface area contributed by atoms with Crippen LogP contribution < -0.4 is 4.57 Å². The Kier molecular flexibility index (Phi) is 3.03. The van der Waals surface area contributed by atoms with Crippen molar-refractivity contribution in [2.24, 2.45) is 7.05 Å². The second-order valence-electron chi connectivity index (χ2n) is 4.20. The predicted molar refractivity (Wildman–Crippen MR) is 75.7 cm³/mol. The van der Waals surface area contributed by atoms with Gasteiger partial charge < -0.3 is 0 Å². The fourth-order valence-electron chi connectivity index (χ4n) is 2.04. The molecule has 0 saturated carbocycles. The zero-order valence-corrected chi connectivity index (χ0v) is 11.0. The standard InChI is InChI=1S/C16H14NS/c1-17-15-10-6-5-7-13(15)11-12-16(17)18-14-8-3-2-4-9-14/h2-12H,1H3/q+1. The average molecular weight is 252 g/mol. The van der Waals surface area contributed by atoms with Gasteiger partial charge in [-0.15, -0.1) is 0 Å². The molecule has 0 amide bonds. The molecule has 3 aromatic rings. The molecule has 3 rings (SSSR count). The molecule has 2 aromatic carbocycles. The highest BCUT2D eigenvalue weighted by Crippen LogP contribution is 2.25. The molecule has 0 spiro atoms. The predicted octanol–water partition coefficient (Wildman–Crippen LogP) is 3.82. The zero-order chi connectivity index (χ0) is 12.4. The van der Waals surface area contributed by atoms with Gasteiger partial charge in [-0.05, 0) is 36.0 Å². The van der Waals surface area contributed by atoms with Gasteiger partial charge in [0.05, 0.1) is 0 Å². The lowest BCUT2D eigenvalue weighted by Gasteiger charge is -2.02. The molecule has 0 aliphatic carbocycles. The highest BCUT2D eigenvalue weighted by molar-refractivity contribution is 7.99. The first-order valence-electron chi connectivity index (χ1n) is 5.95. The van der Waals surface area contributed by atoms with E-state index in [2.05, 4.69) is 72.3 Å². The van der Waals surface area contributed by atoms with Gasteiger partial charge >= 0.3 is 0 Å². The number of aryl methyl sites for hydroxylation is 1. The molecule has 1 heterocycles. The van der Waals surface area contributed by atoms with Crippen LogP contribution in [-0.2, 0) is 7.05 Å². The summed E-state index contributed by atoms with van der Waals surface area (Å²) in [5.41, 5.74) is 1.26. The lowest BCUT2D eigenvalue weighted by Crippen LogP contribution is -2.31. The Labute approximate surface area is 111 Å². The Morgan fingerprint density at radius 2 is 1.50 bits per heavy atom. The highest BCUT2D eigenvalue weighted by Gasteiger charge is 2.12. The molecule has 88 valence electrons. The third kappa shape index (κ3) is 2.12. The maximum absolute atomic E-state index is 2.24. The number of fused-ring (bicyclic) bond motifs is 1. The second-order valence-corrected chi connectivity index (χ2v) is 5.30. The van der Waals surface area contributed by atoms with E-state index in [1.165, 1.54) is 20.8 Å². The van der Waals surface area contributed by atoms with Gasteiger partial charge in [0.1, 0.15) is 7.05 Å². The Morgan fingerprint density at radius 3 is 2.33 bits per heavy atom. The number of para-hydroxylation sites is 1. The Hall–Kier alpha value is -1.80. The Bertz CT molecular complexity index is 677. The lowest BCUT2D eigenvalue weighted by atomic mass is 10.2. The average Bonchev–Trinajstić information content (AvgIpc) is 2.43. The van der Waals surface area contributed by atoms with Crippen molar-refractivity contribution < 1.29 is 4.57 Å². The van der Waals surface area contributed by atoms with Crippen LogP contribution in [0.2, 0.25) is 0 Å². The summed E-state index contributed by atoms with van der Waals surface area (Å²) in [6, 6.07) is 23.3. The highest BCUT2D eigenvalue weighted by atomic mass is 32.2. The largest absolute Gasteiger partial charge is 0.245 e. The van der Waals surface area contributed by atoms with Crippen LogP contribution in [0.15, 0.2) is 76.7 Å². The van der Waals surface area contributed by atoms with E-state index in [1.54, 1.807) is 11.8 Å². The molecule has 2 heteroatoms. The number of aromatic nitrogens is 1. The number of hydrogen-bond donors (Lipinski definition) is 0. The molecular weight excluding hydrogens is 238 g/mol. The molecule has 0 radical (unpaired) electrons. The van der Waals surface area contributed by atoms with Gasteiger partial charge in [0.15, 0.2) is 0 Å². The van der Waals surface area contributed by atoms with Crippen molar-refractivity contribution >= 4 is 22.7 Å². The number of hydrogen-bond acceptors (Lipinski definition) is 1. The van der Waals surface area contributed by atoms with Gasteiger partial charge in [0, 0.05) is 22.4 Å². The zero-order valence-electron chi connectivity index (χ0n) is 10.2. The molecule has 0 bridgehead atoms. The first kappa shape index (κ1) is 11.3. The first-order valence-corrected chi connectivity index (χ1v) is 6.77. The van der Waals surface area contributed by atoms with E-state index in [0.717, 1.165) is 0 Å². The van der Waals surface area contributed by atoms with Crippen LogP contribution in [0.5, 0.6) is 0 Å². The van der Waals surface area contributed by atoms with E-state index in [-0.39, 0.29) is 0 Å². The molecule has 0 fully saturated rings. The summed E-state index contributed by atoms with van der Waals surface area (Å²) in [5.74, 6) is 0. The minimum Gasteiger partial charge on any atom is -0.189 e. The van der Waals surface area contributed by atoms with Crippen LogP contribution in [0, 0.1) is 0 Å². The van der Waals surface area contributed by atoms with Gasteiger partial charge in [0.25, 0.3) is 0 Å². The van der Waals surface area contributed by atoms with E-state index in [1.807, 2.05) is 6.07 Å². The molecule has 0 saturated heterocycles. The van der Waals surface area contributed by atoms with Gasteiger partial charge in [-0.1, -0.05) is 30.3 Å². The van der Waals surface area contributed by atoms with Crippen LogP contribution in [0.25, 0.3) is 10.9 Å². The maximum atomic E-state index is 2.24. The van der Waals surface area contributed by atoms with Crippen LogP contribution in [0.3, 0.4) is 0 Å². The summed E-state index contributed by atoms with van der Waals surface area (Å²) >= 11 is 1.79. The van der Waals surface area contributed by atoms with Crippen molar-refractivity contribution in [3.8, 4) is 0 Å². The second kappa shape index (κ2) is 4.83. The van der Waals surface area contributed by atoms with E-state index >= 15 is 0 Å². The van der Waals surface area contributed by atoms with E-state index < -0.39 is 0 Å². The fraction of sp³-hybridized carbons (Fsp3) is 0.0625. The van der Waals surface area contributed by atoms with E-state index in [4.69, 9.17) is 0 Å². The van der Waals surface area contributed by atoms with Crippen molar-refractivity contribution in [3.63, 3.8) is 0 Å². The van der Waals surface area contributed by atoms with Crippen molar-refractivity contribution in [2.45, 2.75) is 9.92 Å². The number of rotatable bonds is 2. The minimum absolute atomic E-state index is 1.25. The molecule has 18 heavy (non-hydrogen) atoms. The fourth-order valence-corrected chi connectivity index (χ4v) is 2.94. The summed E-state index contributed by atoms with van der Waals surface area (Å²) in [5, 5.41) is 2.53. The summed E-state index contributed by atoms with van der Waals surface area (Å²) in [7, 11) is 2.12. The van der Waals surface area contributed by atoms with E-state index in [9.17, 15) is 0 Å². The first-order chi connectivity index (χ1) is 8.84. The van der Waals surface area contributed by atoms with Crippen LogP contribution in [0.4, 0.5) is 0 Å². The van der Waals surface area contributed by atoms with Crippen LogP contribution in [0.1, 0.15) is 0 Å². The van der Waals surface area contributed by atoms with Gasteiger partial charge in [-0.3, -0.25) is 0 Å². The van der Waals surface area contributed by atoms with Gasteiger partial charge in [-0.25, -0.2) is 0 Å². The molecule has 0 aliphatic heterocycles. The topological polar surface area (TPSA) is 3.88 Å². The third-order valence-electron chi connectivity index (χ3n) is 3.00.